The van der Waals surface area contributed by atoms with Crippen LogP contribution in [0.25, 0.3) is 0 Å². The van der Waals surface area contributed by atoms with Crippen LogP contribution < -0.4 is 5.32 Å². The Bertz CT molecular complexity index is 847. The topological polar surface area (TPSA) is 52.9 Å². The fraction of sp³-hybridized carbons (Fsp3) is 0.333. The molecule has 1 aliphatic rings. The number of carbonyl (C=O) groups is 1. The lowest BCUT2D eigenvalue weighted by molar-refractivity contribution is -0.137. The van der Waals surface area contributed by atoms with Gasteiger partial charge in [-0.1, -0.05) is 6.92 Å². The quantitative estimate of drug-likeness (QED) is 0.814. The Hall–Kier alpha value is -2.33. The van der Waals surface area contributed by atoms with E-state index in [4.69, 9.17) is 0 Å². The van der Waals surface area contributed by atoms with Gasteiger partial charge in [0.05, 0.1) is 11.1 Å². The van der Waals surface area contributed by atoms with Crippen LogP contribution in [0.2, 0.25) is 0 Å². The van der Waals surface area contributed by atoms with E-state index in [-0.39, 0.29) is 5.56 Å². The van der Waals surface area contributed by atoms with Crippen molar-refractivity contribution in [3.05, 3.63) is 51.4 Å². The zero-order valence-corrected chi connectivity index (χ0v) is 14.2. The number of rotatable bonds is 2. The lowest BCUT2D eigenvalue weighted by atomic mass is 9.88. The first-order valence-electron chi connectivity index (χ1n) is 7.83. The van der Waals surface area contributed by atoms with Crippen LogP contribution in [0, 0.1) is 17.2 Å². The largest absolute Gasteiger partial charge is 0.416 e. The van der Waals surface area contributed by atoms with Gasteiger partial charge in [0.15, 0.2) is 0 Å². The fourth-order valence-electron chi connectivity index (χ4n) is 2.94. The Morgan fingerprint density at radius 2 is 2.00 bits per heavy atom. The fourth-order valence-corrected chi connectivity index (χ4v) is 4.30. The van der Waals surface area contributed by atoms with Gasteiger partial charge in [-0.05, 0) is 55.0 Å². The molecule has 0 saturated heterocycles. The Kier molecular flexibility index (Phi) is 4.56. The summed E-state index contributed by atoms with van der Waals surface area (Å²) in [6.07, 6.45) is -1.74. The van der Waals surface area contributed by atoms with Gasteiger partial charge >= 0.3 is 6.18 Å². The molecule has 1 aromatic carbocycles. The van der Waals surface area contributed by atoms with Gasteiger partial charge in [-0.2, -0.15) is 18.4 Å². The van der Waals surface area contributed by atoms with Crippen LogP contribution in [-0.2, 0) is 19.0 Å². The molecule has 25 heavy (non-hydrogen) atoms. The van der Waals surface area contributed by atoms with Crippen LogP contribution in [0.15, 0.2) is 24.3 Å². The van der Waals surface area contributed by atoms with Crippen LogP contribution in [0.4, 0.5) is 18.2 Å². The molecule has 0 aliphatic heterocycles. The summed E-state index contributed by atoms with van der Waals surface area (Å²) in [5.74, 6) is 0.0213. The highest BCUT2D eigenvalue weighted by molar-refractivity contribution is 7.16. The number of halogens is 3. The number of fused-ring (bicyclic) bond motifs is 1. The van der Waals surface area contributed by atoms with E-state index >= 15 is 0 Å². The predicted molar refractivity (Wildman–Crippen MR) is 89.6 cm³/mol. The van der Waals surface area contributed by atoms with E-state index in [1.165, 1.54) is 11.3 Å². The van der Waals surface area contributed by atoms with Gasteiger partial charge in [0, 0.05) is 10.4 Å². The second-order valence-corrected chi connectivity index (χ2v) is 7.30. The van der Waals surface area contributed by atoms with E-state index in [0.29, 0.717) is 16.5 Å². The number of amides is 1. The zero-order chi connectivity index (χ0) is 18.2. The highest BCUT2D eigenvalue weighted by Crippen LogP contribution is 2.39. The lowest BCUT2D eigenvalue weighted by Crippen LogP contribution is -2.13. The third kappa shape index (κ3) is 3.54. The predicted octanol–water partition coefficient (Wildman–Crippen LogP) is 5.02. The molecule has 7 heteroatoms. The van der Waals surface area contributed by atoms with Crippen LogP contribution in [0.5, 0.6) is 0 Å². The van der Waals surface area contributed by atoms with E-state index in [0.717, 1.165) is 54.0 Å². The Labute approximate surface area is 147 Å². The number of nitrogens with zero attached hydrogens (tertiary/aromatic N) is 1. The summed E-state index contributed by atoms with van der Waals surface area (Å²) in [4.78, 5) is 13.4. The first-order valence-corrected chi connectivity index (χ1v) is 8.64. The minimum absolute atomic E-state index is 0.122. The Morgan fingerprint density at radius 1 is 1.32 bits per heavy atom. The summed E-state index contributed by atoms with van der Waals surface area (Å²) >= 11 is 1.39. The molecule has 0 bridgehead atoms. The second-order valence-electron chi connectivity index (χ2n) is 6.20. The number of anilines is 1. The molecule has 1 aliphatic carbocycles. The number of carbonyl (C=O) groups excluding carboxylic acids is 1. The van der Waals surface area contributed by atoms with Crippen LogP contribution >= 0.6 is 11.3 Å². The molecule has 1 heterocycles. The van der Waals surface area contributed by atoms with E-state index in [1.54, 1.807) is 0 Å². The van der Waals surface area contributed by atoms with Crippen molar-refractivity contribution in [3.63, 3.8) is 0 Å². The van der Waals surface area contributed by atoms with E-state index in [2.05, 4.69) is 18.3 Å². The molecular weight excluding hydrogens is 349 g/mol. The normalized spacial score (nSPS) is 16.8. The first kappa shape index (κ1) is 17.5. The molecule has 1 aromatic heterocycles. The Balaban J connectivity index is 1.83. The highest BCUT2D eigenvalue weighted by Gasteiger charge is 2.30. The molecule has 130 valence electrons. The third-order valence-electron chi connectivity index (χ3n) is 4.32. The lowest BCUT2D eigenvalue weighted by Gasteiger charge is -2.17. The number of alkyl halides is 3. The number of thiophene rings is 1. The van der Waals surface area contributed by atoms with Gasteiger partial charge in [0.1, 0.15) is 11.1 Å². The Morgan fingerprint density at radius 3 is 2.60 bits per heavy atom. The number of hydrogen-bond donors (Lipinski definition) is 1. The van der Waals surface area contributed by atoms with Crippen molar-refractivity contribution in [1.82, 2.24) is 0 Å². The standard InChI is InChI=1S/C18H15F3N2OS/c1-10-2-7-13-14(9-22)17(25-15(13)8-10)23-16(24)11-3-5-12(6-4-11)18(19,20)21/h3-6,10H,2,7-8H2,1H3,(H,23,24). The molecule has 1 atom stereocenters. The first-order chi connectivity index (χ1) is 11.8. The van der Waals surface area contributed by atoms with Gasteiger partial charge in [-0.25, -0.2) is 0 Å². The smallest absolute Gasteiger partial charge is 0.312 e. The van der Waals surface area contributed by atoms with E-state index < -0.39 is 17.6 Å². The van der Waals surface area contributed by atoms with Crippen molar-refractivity contribution in [2.24, 2.45) is 5.92 Å². The number of nitriles is 1. The summed E-state index contributed by atoms with van der Waals surface area (Å²) < 4.78 is 37.8. The van der Waals surface area contributed by atoms with E-state index in [9.17, 15) is 23.2 Å². The minimum atomic E-state index is -4.44. The van der Waals surface area contributed by atoms with Gasteiger partial charge in [-0.3, -0.25) is 4.79 Å². The summed E-state index contributed by atoms with van der Waals surface area (Å²) in [5, 5.41) is 12.6. The van der Waals surface area contributed by atoms with Crippen molar-refractivity contribution in [2.45, 2.75) is 32.4 Å². The van der Waals surface area contributed by atoms with Gasteiger partial charge in [0.25, 0.3) is 5.91 Å². The monoisotopic (exact) mass is 364 g/mol. The van der Waals surface area contributed by atoms with Gasteiger partial charge < -0.3 is 5.32 Å². The minimum Gasteiger partial charge on any atom is -0.312 e. The summed E-state index contributed by atoms with van der Waals surface area (Å²) in [7, 11) is 0. The number of hydrogen-bond acceptors (Lipinski definition) is 3. The van der Waals surface area contributed by atoms with Crippen molar-refractivity contribution in [2.75, 3.05) is 5.32 Å². The van der Waals surface area contributed by atoms with Gasteiger partial charge in [-0.15, -0.1) is 11.3 Å². The molecule has 1 N–H and O–H groups in total. The average molecular weight is 364 g/mol. The third-order valence-corrected chi connectivity index (χ3v) is 5.49. The number of benzene rings is 1. The highest BCUT2D eigenvalue weighted by atomic mass is 32.1. The van der Waals surface area contributed by atoms with Crippen LogP contribution in [-0.4, -0.2) is 5.91 Å². The molecule has 2 aromatic rings. The summed E-state index contributed by atoms with van der Waals surface area (Å²) in [6, 6.07) is 6.18. The van der Waals surface area contributed by atoms with Crippen molar-refractivity contribution < 1.29 is 18.0 Å². The SMILES string of the molecule is CC1CCc2c(sc(NC(=O)c3ccc(C(F)(F)F)cc3)c2C#N)C1. The van der Waals surface area contributed by atoms with E-state index in [1.807, 2.05) is 0 Å². The number of nitrogens with one attached hydrogen (secondary N) is 1. The second kappa shape index (κ2) is 6.52. The molecule has 3 nitrogen and oxygen atoms in total. The molecule has 1 amide bonds. The molecule has 0 radical (unpaired) electrons. The molecule has 0 saturated carbocycles. The van der Waals surface area contributed by atoms with Gasteiger partial charge in [0.2, 0.25) is 0 Å². The van der Waals surface area contributed by atoms with Crippen molar-refractivity contribution in [1.29, 1.82) is 5.26 Å². The molecule has 1 unspecified atom stereocenters. The maximum atomic E-state index is 12.6. The van der Waals surface area contributed by atoms with Crippen molar-refractivity contribution in [3.8, 4) is 6.07 Å². The molecule has 0 spiro atoms. The van der Waals surface area contributed by atoms with Crippen molar-refractivity contribution >= 4 is 22.2 Å². The molecule has 3 rings (SSSR count). The van der Waals surface area contributed by atoms with Crippen LogP contribution in [0.1, 0.15) is 45.3 Å². The maximum absolute atomic E-state index is 12.6. The molecular formula is C18H15F3N2OS. The average Bonchev–Trinajstić information content (AvgIpc) is 2.90. The maximum Gasteiger partial charge on any atom is 0.416 e. The zero-order valence-electron chi connectivity index (χ0n) is 13.4. The molecule has 0 fully saturated rings. The van der Waals surface area contributed by atoms with Crippen LogP contribution in [0.3, 0.4) is 0 Å². The summed E-state index contributed by atoms with van der Waals surface area (Å²) in [5.41, 5.74) is 0.791. The summed E-state index contributed by atoms with van der Waals surface area (Å²) in [6.45, 7) is 2.15.